The zero-order valence-electron chi connectivity index (χ0n) is 8.56. The van der Waals surface area contributed by atoms with Gasteiger partial charge >= 0.3 is 0 Å². The van der Waals surface area contributed by atoms with Crippen molar-refractivity contribution in [1.82, 2.24) is 5.32 Å². The van der Waals surface area contributed by atoms with Gasteiger partial charge in [-0.2, -0.15) is 5.26 Å². The molecule has 0 atom stereocenters. The first-order valence-electron chi connectivity index (χ1n) is 4.93. The zero-order valence-corrected chi connectivity index (χ0v) is 10.2. The molecule has 4 heteroatoms. The maximum atomic E-state index is 9.17. The fourth-order valence-electron chi connectivity index (χ4n) is 1.47. The molecule has 0 amide bonds. The summed E-state index contributed by atoms with van der Waals surface area (Å²) in [6, 6.07) is 11.9. The van der Waals surface area contributed by atoms with Crippen molar-refractivity contribution in [2.45, 2.75) is 0 Å². The van der Waals surface area contributed by atoms with Crippen LogP contribution < -0.4 is 5.32 Å². The minimum Gasteiger partial charge on any atom is -0.378 e. The highest BCUT2D eigenvalue weighted by molar-refractivity contribution is 8.03. The average molecular weight is 246 g/mol. The van der Waals surface area contributed by atoms with E-state index in [9.17, 15) is 0 Å². The third kappa shape index (κ3) is 2.26. The number of benzene rings is 1. The topological polar surface area (TPSA) is 35.8 Å². The Balaban J connectivity index is 2.34. The van der Waals surface area contributed by atoms with Crippen molar-refractivity contribution < 1.29 is 0 Å². The highest BCUT2D eigenvalue weighted by Crippen LogP contribution is 2.24. The van der Waals surface area contributed by atoms with Crippen molar-refractivity contribution in [3.05, 3.63) is 46.5 Å². The Hall–Kier alpha value is -1.31. The normalized spacial score (nSPS) is 17.4. The van der Waals surface area contributed by atoms with Crippen LogP contribution in [-0.2, 0) is 0 Å². The molecule has 1 heterocycles. The number of nitriles is 1. The summed E-state index contributed by atoms with van der Waals surface area (Å²) in [5.41, 5.74) is 1.51. The standard InChI is InChI=1S/C12H10N2S2/c13-8-10(12-14-6-7-16-12)11(15)9-4-2-1-3-5-9/h1-5,14H,6-7H2/b12-10+. The molecular weight excluding hydrogens is 236 g/mol. The van der Waals surface area contributed by atoms with E-state index in [1.54, 1.807) is 11.8 Å². The fraction of sp³-hybridized carbons (Fsp3) is 0.167. The second-order valence-electron chi connectivity index (χ2n) is 3.29. The van der Waals surface area contributed by atoms with Crippen LogP contribution in [0.2, 0.25) is 0 Å². The van der Waals surface area contributed by atoms with E-state index in [-0.39, 0.29) is 0 Å². The monoisotopic (exact) mass is 246 g/mol. The number of thiocarbonyl (C=S) groups is 1. The van der Waals surface area contributed by atoms with Gasteiger partial charge in [0.05, 0.1) is 9.89 Å². The third-order valence-electron chi connectivity index (χ3n) is 2.24. The molecule has 0 bridgehead atoms. The van der Waals surface area contributed by atoms with Gasteiger partial charge in [0, 0.05) is 12.3 Å². The molecule has 1 fully saturated rings. The lowest BCUT2D eigenvalue weighted by atomic mass is 10.1. The molecule has 1 aromatic carbocycles. The summed E-state index contributed by atoms with van der Waals surface area (Å²) < 4.78 is 0. The molecule has 0 aromatic heterocycles. The fourth-order valence-corrected chi connectivity index (χ4v) is 2.72. The maximum Gasteiger partial charge on any atom is 0.103 e. The van der Waals surface area contributed by atoms with Crippen molar-refractivity contribution in [3.63, 3.8) is 0 Å². The lowest BCUT2D eigenvalue weighted by molar-refractivity contribution is 0.944. The molecule has 2 nitrogen and oxygen atoms in total. The van der Waals surface area contributed by atoms with Crippen molar-refractivity contribution >= 4 is 28.8 Å². The Bertz CT molecular complexity index is 464. The van der Waals surface area contributed by atoms with E-state index in [1.807, 2.05) is 30.3 Å². The minimum atomic E-state index is 0.587. The van der Waals surface area contributed by atoms with Crippen LogP contribution in [0, 0.1) is 11.3 Å². The summed E-state index contributed by atoms with van der Waals surface area (Å²) in [6.45, 7) is 0.905. The molecule has 1 aromatic rings. The van der Waals surface area contributed by atoms with Crippen LogP contribution in [0.1, 0.15) is 5.56 Å². The van der Waals surface area contributed by atoms with Crippen LogP contribution in [0.4, 0.5) is 0 Å². The van der Waals surface area contributed by atoms with Crippen LogP contribution in [0.5, 0.6) is 0 Å². The average Bonchev–Trinajstić information content (AvgIpc) is 2.85. The largest absolute Gasteiger partial charge is 0.378 e. The number of hydrogen-bond donors (Lipinski definition) is 1. The zero-order chi connectivity index (χ0) is 11.4. The van der Waals surface area contributed by atoms with Gasteiger partial charge in [0.15, 0.2) is 0 Å². The first kappa shape index (κ1) is 11.2. The van der Waals surface area contributed by atoms with Gasteiger partial charge in [-0.25, -0.2) is 0 Å². The van der Waals surface area contributed by atoms with Crippen molar-refractivity contribution in [2.75, 3.05) is 12.3 Å². The predicted molar refractivity (Wildman–Crippen MR) is 71.2 cm³/mol. The third-order valence-corrected chi connectivity index (χ3v) is 3.72. The van der Waals surface area contributed by atoms with Gasteiger partial charge < -0.3 is 5.32 Å². The van der Waals surface area contributed by atoms with E-state index in [0.717, 1.165) is 22.9 Å². The van der Waals surface area contributed by atoms with E-state index in [0.29, 0.717) is 10.4 Å². The summed E-state index contributed by atoms with van der Waals surface area (Å²) in [5, 5.41) is 13.3. The SMILES string of the molecule is N#C/C(C(=S)c1ccccc1)=C1/NCCS1. The Morgan fingerprint density at radius 1 is 1.38 bits per heavy atom. The Morgan fingerprint density at radius 2 is 2.12 bits per heavy atom. The van der Waals surface area contributed by atoms with Crippen LogP contribution >= 0.6 is 24.0 Å². The molecule has 1 aliphatic rings. The molecule has 0 radical (unpaired) electrons. The van der Waals surface area contributed by atoms with Gasteiger partial charge in [0.2, 0.25) is 0 Å². The molecule has 0 unspecified atom stereocenters. The minimum absolute atomic E-state index is 0.587. The second kappa shape index (κ2) is 5.15. The highest BCUT2D eigenvalue weighted by Gasteiger charge is 2.16. The molecule has 2 rings (SSSR count). The number of allylic oxidation sites excluding steroid dienone is 1. The Labute approximate surface area is 104 Å². The first-order valence-corrected chi connectivity index (χ1v) is 6.33. The van der Waals surface area contributed by atoms with Gasteiger partial charge in [-0.05, 0) is 5.56 Å². The van der Waals surface area contributed by atoms with E-state index in [4.69, 9.17) is 17.5 Å². The molecule has 1 saturated heterocycles. The first-order chi connectivity index (χ1) is 7.83. The van der Waals surface area contributed by atoms with Crippen molar-refractivity contribution in [1.29, 1.82) is 5.26 Å². The summed E-state index contributed by atoms with van der Waals surface area (Å²) in [4.78, 5) is 0.625. The van der Waals surface area contributed by atoms with Gasteiger partial charge in [0.1, 0.15) is 11.6 Å². The number of hydrogen-bond acceptors (Lipinski definition) is 4. The van der Waals surface area contributed by atoms with Crippen LogP contribution in [0.15, 0.2) is 40.9 Å². The number of rotatable bonds is 2. The summed E-state index contributed by atoms with van der Waals surface area (Å²) in [5.74, 6) is 0.998. The second-order valence-corrected chi connectivity index (χ2v) is 4.80. The number of nitrogens with zero attached hydrogens (tertiary/aromatic N) is 1. The van der Waals surface area contributed by atoms with E-state index in [2.05, 4.69) is 11.4 Å². The van der Waals surface area contributed by atoms with Crippen molar-refractivity contribution in [2.24, 2.45) is 0 Å². The smallest absolute Gasteiger partial charge is 0.103 e. The Morgan fingerprint density at radius 3 is 2.69 bits per heavy atom. The quantitative estimate of drug-likeness (QED) is 0.376. The van der Waals surface area contributed by atoms with Gasteiger partial charge in [0.25, 0.3) is 0 Å². The molecule has 80 valence electrons. The molecule has 0 saturated carbocycles. The van der Waals surface area contributed by atoms with Crippen LogP contribution in [0.3, 0.4) is 0 Å². The van der Waals surface area contributed by atoms with E-state index >= 15 is 0 Å². The number of nitrogens with one attached hydrogen (secondary N) is 1. The summed E-state index contributed by atoms with van der Waals surface area (Å²) in [6.07, 6.45) is 0. The van der Waals surface area contributed by atoms with Gasteiger partial charge in [-0.3, -0.25) is 0 Å². The van der Waals surface area contributed by atoms with Gasteiger partial charge in [-0.15, -0.1) is 11.8 Å². The summed E-state index contributed by atoms with van der Waals surface area (Å²) >= 11 is 7.00. The van der Waals surface area contributed by atoms with Crippen LogP contribution in [-0.4, -0.2) is 17.2 Å². The maximum absolute atomic E-state index is 9.17. The number of thioether (sulfide) groups is 1. The highest BCUT2D eigenvalue weighted by atomic mass is 32.2. The van der Waals surface area contributed by atoms with E-state index in [1.165, 1.54) is 0 Å². The lowest BCUT2D eigenvalue weighted by Gasteiger charge is -2.05. The Kier molecular flexibility index (Phi) is 3.60. The van der Waals surface area contributed by atoms with Gasteiger partial charge in [-0.1, -0.05) is 42.5 Å². The lowest BCUT2D eigenvalue weighted by Crippen LogP contribution is -2.11. The van der Waals surface area contributed by atoms with E-state index < -0.39 is 0 Å². The molecule has 1 N–H and O–H groups in total. The predicted octanol–water partition coefficient (Wildman–Crippen LogP) is 2.48. The summed E-state index contributed by atoms with van der Waals surface area (Å²) in [7, 11) is 0. The molecule has 16 heavy (non-hydrogen) atoms. The molecule has 0 spiro atoms. The molecular formula is C12H10N2S2. The molecule has 1 aliphatic heterocycles. The molecule has 0 aliphatic carbocycles. The van der Waals surface area contributed by atoms with Crippen LogP contribution in [0.25, 0.3) is 0 Å². The van der Waals surface area contributed by atoms with Crippen molar-refractivity contribution in [3.8, 4) is 6.07 Å².